The molecule has 2 aliphatic rings. The molecule has 2 nitrogen and oxygen atoms in total. The van der Waals surface area contributed by atoms with Crippen LogP contribution in [-0.2, 0) is 11.2 Å². The second-order valence-corrected chi connectivity index (χ2v) is 8.70. The van der Waals surface area contributed by atoms with E-state index in [4.69, 9.17) is 0 Å². The molecule has 3 heteroatoms. The lowest BCUT2D eigenvalue weighted by atomic mass is 9.73. The van der Waals surface area contributed by atoms with Crippen molar-refractivity contribution in [2.75, 3.05) is 5.32 Å². The van der Waals surface area contributed by atoms with Crippen LogP contribution < -0.4 is 5.32 Å². The maximum absolute atomic E-state index is 13.4. The van der Waals surface area contributed by atoms with Gasteiger partial charge in [-0.25, -0.2) is 4.39 Å². The zero-order valence-electron chi connectivity index (χ0n) is 16.1. The molecule has 0 bridgehead atoms. The number of nitrogens with one attached hydrogen (secondary N) is 1. The molecule has 0 atom stereocenters. The van der Waals surface area contributed by atoms with Crippen LogP contribution in [0.3, 0.4) is 0 Å². The zero-order chi connectivity index (χ0) is 19.5. The highest BCUT2D eigenvalue weighted by molar-refractivity contribution is 6.05. The summed E-state index contributed by atoms with van der Waals surface area (Å²) in [5.41, 5.74) is 6.28. The highest BCUT2D eigenvalue weighted by Gasteiger charge is 2.35. The van der Waals surface area contributed by atoms with Crippen molar-refractivity contribution in [3.8, 4) is 11.1 Å². The number of hydrogen-bond acceptors (Lipinski definition) is 2. The number of carbonyl (C=O) groups excluding carboxylic acids is 1. The van der Waals surface area contributed by atoms with Crippen molar-refractivity contribution in [3.63, 3.8) is 0 Å². The average Bonchev–Trinajstić information content (AvgIpc) is 2.66. The molecule has 1 N–H and O–H groups in total. The standard InChI is InChI=1S/C25H22FNO/c1-25(2)13-22-19(23(28)14-25)12-20-21(27-22)11-8-16-4-3-5-18(24(16)20)15-6-9-17(26)10-7-15/h3-11,27H,12-14H2,1-2H3. The molecule has 3 aromatic carbocycles. The summed E-state index contributed by atoms with van der Waals surface area (Å²) >= 11 is 0. The van der Waals surface area contributed by atoms with Crippen molar-refractivity contribution in [1.29, 1.82) is 0 Å². The summed E-state index contributed by atoms with van der Waals surface area (Å²) in [4.78, 5) is 12.8. The molecule has 28 heavy (non-hydrogen) atoms. The van der Waals surface area contributed by atoms with Crippen LogP contribution in [0.25, 0.3) is 21.9 Å². The molecule has 0 aromatic heterocycles. The van der Waals surface area contributed by atoms with E-state index in [1.807, 2.05) is 18.2 Å². The summed E-state index contributed by atoms with van der Waals surface area (Å²) in [6.07, 6.45) is 2.14. The van der Waals surface area contributed by atoms with Crippen LogP contribution >= 0.6 is 0 Å². The van der Waals surface area contributed by atoms with Gasteiger partial charge in [0, 0.05) is 29.8 Å². The predicted octanol–water partition coefficient (Wildman–Crippen LogP) is 6.26. The van der Waals surface area contributed by atoms with E-state index >= 15 is 0 Å². The van der Waals surface area contributed by atoms with Gasteiger partial charge >= 0.3 is 0 Å². The lowest BCUT2D eigenvalue weighted by molar-refractivity contribution is -0.118. The van der Waals surface area contributed by atoms with Crippen molar-refractivity contribution in [2.24, 2.45) is 5.41 Å². The van der Waals surface area contributed by atoms with Crippen LogP contribution in [0, 0.1) is 11.2 Å². The number of anilines is 1. The Morgan fingerprint density at radius 3 is 2.54 bits per heavy atom. The number of ketones is 1. The number of Topliss-reactive ketones (excluding diaryl/α,β-unsaturated/α-hetero) is 1. The summed E-state index contributed by atoms with van der Waals surface area (Å²) < 4.78 is 13.4. The molecule has 0 unspecified atom stereocenters. The van der Waals surface area contributed by atoms with Gasteiger partial charge in [-0.1, -0.05) is 50.2 Å². The number of hydrogen-bond donors (Lipinski definition) is 1. The smallest absolute Gasteiger partial charge is 0.161 e. The Labute approximate surface area is 164 Å². The Kier molecular flexibility index (Phi) is 3.70. The van der Waals surface area contributed by atoms with E-state index in [1.165, 1.54) is 12.1 Å². The quantitative estimate of drug-likeness (QED) is 0.547. The minimum atomic E-state index is -0.238. The van der Waals surface area contributed by atoms with Crippen LogP contribution in [0.2, 0.25) is 0 Å². The first-order valence-corrected chi connectivity index (χ1v) is 9.74. The first-order chi connectivity index (χ1) is 13.4. The van der Waals surface area contributed by atoms with Gasteiger partial charge in [0.2, 0.25) is 0 Å². The van der Waals surface area contributed by atoms with E-state index in [1.54, 1.807) is 0 Å². The second-order valence-electron chi connectivity index (χ2n) is 8.70. The van der Waals surface area contributed by atoms with Crippen molar-refractivity contribution in [1.82, 2.24) is 0 Å². The van der Waals surface area contributed by atoms with E-state index < -0.39 is 0 Å². The van der Waals surface area contributed by atoms with E-state index in [0.29, 0.717) is 12.8 Å². The van der Waals surface area contributed by atoms with E-state index in [9.17, 15) is 9.18 Å². The van der Waals surface area contributed by atoms with Crippen molar-refractivity contribution < 1.29 is 9.18 Å². The Balaban J connectivity index is 1.70. The average molecular weight is 371 g/mol. The molecule has 3 aromatic rings. The first-order valence-electron chi connectivity index (χ1n) is 9.74. The molecule has 0 amide bonds. The predicted molar refractivity (Wildman–Crippen MR) is 112 cm³/mol. The molecule has 140 valence electrons. The van der Waals surface area contributed by atoms with Gasteiger partial charge < -0.3 is 5.32 Å². The third kappa shape index (κ3) is 2.73. The fourth-order valence-corrected chi connectivity index (χ4v) is 4.65. The highest BCUT2D eigenvalue weighted by atomic mass is 19.1. The maximum Gasteiger partial charge on any atom is 0.161 e. The molecule has 1 aliphatic carbocycles. The number of rotatable bonds is 1. The van der Waals surface area contributed by atoms with Crippen LogP contribution in [-0.4, -0.2) is 5.78 Å². The largest absolute Gasteiger partial charge is 0.358 e. The van der Waals surface area contributed by atoms with Crippen molar-refractivity contribution >= 4 is 22.2 Å². The van der Waals surface area contributed by atoms with Gasteiger partial charge in [-0.05, 0) is 57.5 Å². The molecule has 0 radical (unpaired) electrons. The highest BCUT2D eigenvalue weighted by Crippen LogP contribution is 2.44. The van der Waals surface area contributed by atoms with Gasteiger partial charge in [-0.3, -0.25) is 4.79 Å². The van der Waals surface area contributed by atoms with Crippen LogP contribution in [0.1, 0.15) is 32.3 Å². The second kappa shape index (κ2) is 6.03. The van der Waals surface area contributed by atoms with Gasteiger partial charge in [-0.2, -0.15) is 0 Å². The number of halogens is 1. The van der Waals surface area contributed by atoms with E-state index in [-0.39, 0.29) is 17.0 Å². The summed E-state index contributed by atoms with van der Waals surface area (Å²) in [5, 5.41) is 5.84. The molecule has 0 spiro atoms. The maximum atomic E-state index is 13.4. The molecule has 0 saturated carbocycles. The summed E-state index contributed by atoms with van der Waals surface area (Å²) in [6, 6.07) is 17.1. The SMILES string of the molecule is CC1(C)CC(=O)C2=C(C1)Nc1ccc3cccc(-c4ccc(F)cc4)c3c1C2. The molecule has 1 aliphatic heterocycles. The van der Waals surface area contributed by atoms with E-state index in [0.717, 1.165) is 50.8 Å². The summed E-state index contributed by atoms with van der Waals surface area (Å²) in [7, 11) is 0. The van der Waals surface area contributed by atoms with Crippen LogP contribution in [0.4, 0.5) is 10.1 Å². The van der Waals surface area contributed by atoms with E-state index in [2.05, 4.69) is 43.4 Å². The molecular weight excluding hydrogens is 349 g/mol. The molecule has 0 saturated heterocycles. The monoisotopic (exact) mass is 371 g/mol. The minimum absolute atomic E-state index is 0.00343. The molecular formula is C25H22FNO. The lowest BCUT2D eigenvalue weighted by Gasteiger charge is -2.36. The van der Waals surface area contributed by atoms with Crippen molar-refractivity contribution in [2.45, 2.75) is 33.1 Å². The number of allylic oxidation sites excluding steroid dienone is 2. The fraction of sp³-hybridized carbons (Fsp3) is 0.240. The number of carbonyl (C=O) groups is 1. The Morgan fingerprint density at radius 2 is 1.75 bits per heavy atom. The summed E-state index contributed by atoms with van der Waals surface area (Å²) in [5.74, 6) is 0.0126. The third-order valence-corrected chi connectivity index (χ3v) is 5.94. The Morgan fingerprint density at radius 1 is 0.964 bits per heavy atom. The topological polar surface area (TPSA) is 29.1 Å². The fourth-order valence-electron chi connectivity index (χ4n) is 4.65. The third-order valence-electron chi connectivity index (χ3n) is 5.94. The molecule has 0 fully saturated rings. The van der Waals surface area contributed by atoms with Gasteiger partial charge in [0.05, 0.1) is 0 Å². The zero-order valence-corrected chi connectivity index (χ0v) is 16.1. The van der Waals surface area contributed by atoms with Crippen LogP contribution in [0.5, 0.6) is 0 Å². The number of fused-ring (bicyclic) bond motifs is 3. The minimum Gasteiger partial charge on any atom is -0.358 e. The Bertz CT molecular complexity index is 1160. The number of benzene rings is 3. The van der Waals surface area contributed by atoms with Crippen LogP contribution in [0.15, 0.2) is 65.9 Å². The molecule has 1 heterocycles. The Hall–Kier alpha value is -2.94. The molecule has 5 rings (SSSR count). The normalized spacial score (nSPS) is 17.9. The lowest BCUT2D eigenvalue weighted by Crippen LogP contribution is -2.31. The van der Waals surface area contributed by atoms with Gasteiger partial charge in [0.15, 0.2) is 5.78 Å². The summed E-state index contributed by atoms with van der Waals surface area (Å²) in [6.45, 7) is 4.30. The first kappa shape index (κ1) is 17.2. The van der Waals surface area contributed by atoms with Gasteiger partial charge in [-0.15, -0.1) is 0 Å². The van der Waals surface area contributed by atoms with Gasteiger partial charge in [0.1, 0.15) is 5.82 Å². The van der Waals surface area contributed by atoms with Gasteiger partial charge in [0.25, 0.3) is 0 Å². The van der Waals surface area contributed by atoms with Crippen molar-refractivity contribution in [3.05, 3.63) is 77.2 Å².